The molecule has 0 saturated carbocycles. The minimum Gasteiger partial charge on any atom is -0.481 e. The fraction of sp³-hybridized carbons (Fsp3) is 0.314. The SMILES string of the molecule is CC(C)n1c(CC[C@@H](O)C[C@@H](O)CC(=O)O)c(-c2ccc(F)cc2)c(-c2ccc(F)cc2)c1C(=O)N(C)c1ccc(S(C)(=O)=O)cc1. The zero-order valence-corrected chi connectivity index (χ0v) is 27.3. The number of hydrogen-bond acceptors (Lipinski definition) is 6. The number of amides is 1. The maximum absolute atomic E-state index is 14.6. The predicted octanol–water partition coefficient (Wildman–Crippen LogP) is 5.88. The molecule has 0 aliphatic carbocycles. The molecule has 12 heteroatoms. The van der Waals surface area contributed by atoms with E-state index in [1.807, 2.05) is 18.4 Å². The lowest BCUT2D eigenvalue weighted by Gasteiger charge is -2.23. The predicted molar refractivity (Wildman–Crippen MR) is 175 cm³/mol. The van der Waals surface area contributed by atoms with Gasteiger partial charge in [-0.1, -0.05) is 24.3 Å². The zero-order chi connectivity index (χ0) is 34.6. The molecule has 0 spiro atoms. The number of aromatic nitrogens is 1. The van der Waals surface area contributed by atoms with Gasteiger partial charge in [0, 0.05) is 41.9 Å². The Morgan fingerprint density at radius 3 is 1.81 bits per heavy atom. The van der Waals surface area contributed by atoms with Crippen molar-refractivity contribution in [2.24, 2.45) is 0 Å². The quantitative estimate of drug-likeness (QED) is 0.162. The van der Waals surface area contributed by atoms with Crippen molar-refractivity contribution < 1.29 is 42.1 Å². The third kappa shape index (κ3) is 8.31. The van der Waals surface area contributed by atoms with Crippen LogP contribution in [-0.4, -0.2) is 65.7 Å². The highest BCUT2D eigenvalue weighted by atomic mass is 32.2. The summed E-state index contributed by atoms with van der Waals surface area (Å²) in [7, 11) is -1.92. The molecule has 0 radical (unpaired) electrons. The number of aliphatic carboxylic acids is 1. The molecule has 1 amide bonds. The Morgan fingerprint density at radius 1 is 0.830 bits per heavy atom. The third-order valence-electron chi connectivity index (χ3n) is 7.92. The summed E-state index contributed by atoms with van der Waals surface area (Å²) in [5.41, 5.74) is 3.34. The number of carbonyl (C=O) groups excluding carboxylic acids is 1. The number of sulfone groups is 1. The Kier molecular flexibility index (Phi) is 11.0. The van der Waals surface area contributed by atoms with Crippen molar-refractivity contribution in [2.45, 2.75) is 62.7 Å². The summed E-state index contributed by atoms with van der Waals surface area (Å²) in [4.78, 5) is 27.1. The van der Waals surface area contributed by atoms with E-state index in [-0.39, 0.29) is 35.9 Å². The second kappa shape index (κ2) is 14.6. The minimum absolute atomic E-state index is 0.0903. The number of anilines is 1. The van der Waals surface area contributed by atoms with Crippen LogP contribution in [0, 0.1) is 11.6 Å². The summed E-state index contributed by atoms with van der Waals surface area (Å²) in [5.74, 6) is -2.62. The lowest BCUT2D eigenvalue weighted by molar-refractivity contribution is -0.139. The molecule has 0 saturated heterocycles. The first-order valence-electron chi connectivity index (χ1n) is 15.0. The Bertz CT molecular complexity index is 1840. The molecule has 1 heterocycles. The Morgan fingerprint density at radius 2 is 1.34 bits per heavy atom. The second-order valence-corrected chi connectivity index (χ2v) is 13.8. The summed E-state index contributed by atoms with van der Waals surface area (Å²) in [6.45, 7) is 3.74. The van der Waals surface area contributed by atoms with E-state index >= 15 is 0 Å². The van der Waals surface area contributed by atoms with Gasteiger partial charge in [-0.15, -0.1) is 0 Å². The number of carboxylic acids is 1. The summed E-state index contributed by atoms with van der Waals surface area (Å²) in [6.07, 6.45) is -1.67. The van der Waals surface area contributed by atoms with Gasteiger partial charge in [0.1, 0.15) is 17.3 Å². The number of halogens is 2. The van der Waals surface area contributed by atoms with E-state index in [0.29, 0.717) is 33.6 Å². The molecule has 250 valence electrons. The highest BCUT2D eigenvalue weighted by molar-refractivity contribution is 7.90. The molecule has 47 heavy (non-hydrogen) atoms. The molecule has 0 aliphatic heterocycles. The topological polar surface area (TPSA) is 137 Å². The lowest BCUT2D eigenvalue weighted by atomic mass is 9.92. The van der Waals surface area contributed by atoms with Crippen LogP contribution in [0.5, 0.6) is 0 Å². The van der Waals surface area contributed by atoms with Crippen LogP contribution in [0.2, 0.25) is 0 Å². The summed E-state index contributed by atoms with van der Waals surface area (Å²) in [5, 5.41) is 29.9. The van der Waals surface area contributed by atoms with Crippen LogP contribution in [0.1, 0.15) is 55.3 Å². The number of nitrogens with zero attached hydrogens (tertiary/aromatic N) is 2. The van der Waals surface area contributed by atoms with E-state index in [2.05, 4.69) is 0 Å². The van der Waals surface area contributed by atoms with Crippen molar-refractivity contribution in [3.8, 4) is 22.3 Å². The molecule has 9 nitrogen and oxygen atoms in total. The van der Waals surface area contributed by atoms with Gasteiger partial charge in [-0.3, -0.25) is 9.59 Å². The van der Waals surface area contributed by atoms with Gasteiger partial charge < -0.3 is 24.8 Å². The largest absolute Gasteiger partial charge is 0.481 e. The van der Waals surface area contributed by atoms with Crippen LogP contribution in [0.4, 0.5) is 14.5 Å². The Balaban J connectivity index is 1.94. The van der Waals surface area contributed by atoms with Crippen LogP contribution in [0.15, 0.2) is 77.7 Å². The van der Waals surface area contributed by atoms with Gasteiger partial charge in [-0.2, -0.15) is 0 Å². The molecule has 0 bridgehead atoms. The highest BCUT2D eigenvalue weighted by Gasteiger charge is 2.32. The smallest absolute Gasteiger partial charge is 0.305 e. The number of carbonyl (C=O) groups is 2. The molecule has 3 aromatic carbocycles. The first-order chi connectivity index (χ1) is 22.1. The molecular weight excluding hydrogens is 630 g/mol. The van der Waals surface area contributed by atoms with Gasteiger partial charge in [-0.05, 0) is 92.8 Å². The van der Waals surface area contributed by atoms with E-state index in [9.17, 15) is 37.0 Å². The maximum Gasteiger partial charge on any atom is 0.305 e. The number of benzene rings is 3. The van der Waals surface area contributed by atoms with Crippen LogP contribution in [0.3, 0.4) is 0 Å². The summed E-state index contributed by atoms with van der Waals surface area (Å²) >= 11 is 0. The standard InChI is InChI=1S/C35H38F2N2O7S/c1-21(2)39-30(18-15-27(40)19-28(41)20-31(42)43)32(22-5-9-24(36)10-6-22)33(23-7-11-25(37)12-8-23)34(39)35(44)38(3)26-13-16-29(17-14-26)47(4,45)46/h5-14,16-17,21,27-28,40-41H,15,18-20H2,1-4H3,(H,42,43)/t27-,28-/m1/s1. The molecule has 2 atom stereocenters. The van der Waals surface area contributed by atoms with E-state index in [4.69, 9.17) is 5.11 Å². The van der Waals surface area contributed by atoms with Gasteiger partial charge in [0.25, 0.3) is 5.91 Å². The van der Waals surface area contributed by atoms with Crippen LogP contribution >= 0.6 is 0 Å². The summed E-state index contributed by atoms with van der Waals surface area (Å²) < 4.78 is 54.2. The summed E-state index contributed by atoms with van der Waals surface area (Å²) in [6, 6.07) is 16.9. The minimum atomic E-state index is -3.48. The molecule has 1 aromatic heterocycles. The van der Waals surface area contributed by atoms with Crippen molar-refractivity contribution in [1.82, 2.24) is 4.57 Å². The Hall–Kier alpha value is -4.39. The molecule has 4 aromatic rings. The first-order valence-corrected chi connectivity index (χ1v) is 16.9. The van der Waals surface area contributed by atoms with Gasteiger partial charge in [0.2, 0.25) is 0 Å². The zero-order valence-electron chi connectivity index (χ0n) is 26.5. The van der Waals surface area contributed by atoms with Crippen molar-refractivity contribution >= 4 is 27.4 Å². The van der Waals surface area contributed by atoms with Crippen molar-refractivity contribution in [3.05, 3.63) is 95.8 Å². The number of aliphatic hydroxyl groups is 2. The number of hydrogen-bond donors (Lipinski definition) is 3. The maximum atomic E-state index is 14.6. The van der Waals surface area contributed by atoms with E-state index in [0.717, 1.165) is 6.26 Å². The van der Waals surface area contributed by atoms with E-state index in [1.54, 1.807) is 31.3 Å². The molecule has 3 N–H and O–H groups in total. The fourth-order valence-corrected chi connectivity index (χ4v) is 6.33. The normalized spacial score (nSPS) is 13.0. The van der Waals surface area contributed by atoms with Crippen molar-refractivity contribution in [2.75, 3.05) is 18.2 Å². The first kappa shape index (κ1) is 35.5. The van der Waals surface area contributed by atoms with E-state index in [1.165, 1.54) is 53.4 Å². The number of carboxylic acid groups (broad SMARTS) is 1. The van der Waals surface area contributed by atoms with E-state index < -0.39 is 52.0 Å². The number of rotatable bonds is 13. The van der Waals surface area contributed by atoms with Crippen LogP contribution in [0.25, 0.3) is 22.3 Å². The highest BCUT2D eigenvalue weighted by Crippen LogP contribution is 2.43. The molecule has 0 aliphatic rings. The van der Waals surface area contributed by atoms with Gasteiger partial charge >= 0.3 is 5.97 Å². The van der Waals surface area contributed by atoms with Crippen molar-refractivity contribution in [1.29, 1.82) is 0 Å². The second-order valence-electron chi connectivity index (χ2n) is 11.8. The van der Waals surface area contributed by atoms with Gasteiger partial charge in [-0.25, -0.2) is 17.2 Å². The van der Waals surface area contributed by atoms with Crippen molar-refractivity contribution in [3.63, 3.8) is 0 Å². The third-order valence-corrected chi connectivity index (χ3v) is 9.05. The average molecular weight is 669 g/mol. The lowest BCUT2D eigenvalue weighted by Crippen LogP contribution is -2.30. The van der Waals surface area contributed by atoms with Gasteiger partial charge in [0.15, 0.2) is 9.84 Å². The monoisotopic (exact) mass is 668 g/mol. The molecule has 0 fully saturated rings. The van der Waals surface area contributed by atoms with Gasteiger partial charge in [0.05, 0.1) is 23.5 Å². The number of aliphatic hydroxyl groups excluding tert-OH is 2. The molecule has 4 rings (SSSR count). The van der Waals surface area contributed by atoms with Crippen LogP contribution in [-0.2, 0) is 21.1 Å². The van der Waals surface area contributed by atoms with Crippen LogP contribution < -0.4 is 4.90 Å². The molecule has 0 unspecified atom stereocenters. The Labute approximate surface area is 272 Å². The average Bonchev–Trinajstić information content (AvgIpc) is 3.34. The fourth-order valence-electron chi connectivity index (χ4n) is 5.70. The molecular formula is C35H38F2N2O7S.